The number of thiazole rings is 1. The van der Waals surface area contributed by atoms with Crippen molar-refractivity contribution in [3.63, 3.8) is 0 Å². The van der Waals surface area contributed by atoms with Gasteiger partial charge in [-0.1, -0.05) is 6.92 Å². The molecule has 9 nitrogen and oxygen atoms in total. The second-order valence-corrected chi connectivity index (χ2v) is 9.05. The lowest BCUT2D eigenvalue weighted by atomic mass is 10.1. The molecule has 1 aliphatic rings. The smallest absolute Gasteiger partial charge is 0.257 e. The van der Waals surface area contributed by atoms with Gasteiger partial charge in [0.25, 0.3) is 11.5 Å². The molecule has 174 valence electrons. The van der Waals surface area contributed by atoms with Crippen LogP contribution in [0.1, 0.15) is 58.1 Å². The summed E-state index contributed by atoms with van der Waals surface area (Å²) in [6.45, 7) is 3.40. The molecular weight excluding hydrogens is 440 g/mol. The zero-order valence-corrected chi connectivity index (χ0v) is 19.7. The first-order valence-corrected chi connectivity index (χ1v) is 12.1. The van der Waals surface area contributed by atoms with Gasteiger partial charge in [0, 0.05) is 41.9 Å². The summed E-state index contributed by atoms with van der Waals surface area (Å²) in [6, 6.07) is 2.65. The van der Waals surface area contributed by atoms with E-state index >= 15 is 0 Å². The summed E-state index contributed by atoms with van der Waals surface area (Å²) < 4.78 is 2.38. The number of hydrogen-bond acceptors (Lipinski definition) is 7. The first kappa shape index (κ1) is 23.1. The molecule has 0 aliphatic heterocycles. The zero-order valence-electron chi connectivity index (χ0n) is 18.9. The summed E-state index contributed by atoms with van der Waals surface area (Å²) in [5.41, 5.74) is 3.79. The molecule has 3 aromatic heterocycles. The van der Waals surface area contributed by atoms with Gasteiger partial charge in [0.2, 0.25) is 0 Å². The third-order valence-corrected chi connectivity index (χ3v) is 6.75. The van der Waals surface area contributed by atoms with Crippen molar-refractivity contribution < 1.29 is 9.52 Å². The van der Waals surface area contributed by atoms with E-state index in [4.69, 9.17) is 4.98 Å². The molecule has 33 heavy (non-hydrogen) atoms. The number of likely N-dealkylation sites (N-methyl/N-ethyl adjacent to an activating group) is 1. The minimum absolute atomic E-state index is 0.0209. The van der Waals surface area contributed by atoms with Crippen molar-refractivity contribution in [2.24, 2.45) is 0 Å². The van der Waals surface area contributed by atoms with Gasteiger partial charge in [-0.25, -0.2) is 4.98 Å². The van der Waals surface area contributed by atoms with Crippen LogP contribution in [0, 0.1) is 5.21 Å². The summed E-state index contributed by atoms with van der Waals surface area (Å²) in [6.07, 6.45) is 7.43. The van der Waals surface area contributed by atoms with Crippen LogP contribution >= 0.6 is 11.3 Å². The Kier molecular flexibility index (Phi) is 7.14. The first-order valence-electron chi connectivity index (χ1n) is 11.2. The number of nitrogens with zero attached hydrogens (tertiary/aromatic N) is 5. The van der Waals surface area contributed by atoms with Crippen molar-refractivity contribution in [3.05, 3.63) is 79.3 Å². The van der Waals surface area contributed by atoms with E-state index in [9.17, 15) is 14.8 Å². The zero-order chi connectivity index (χ0) is 23.4. The average molecular weight is 469 g/mol. The van der Waals surface area contributed by atoms with Crippen molar-refractivity contribution in [1.29, 1.82) is 0 Å². The normalized spacial score (nSPS) is 13.6. The lowest BCUT2D eigenvalue weighted by Gasteiger charge is -2.32. The van der Waals surface area contributed by atoms with Gasteiger partial charge in [-0.15, -0.1) is 11.3 Å². The van der Waals surface area contributed by atoms with Crippen LogP contribution in [0.25, 0.3) is 0 Å². The van der Waals surface area contributed by atoms with Crippen molar-refractivity contribution in [1.82, 2.24) is 24.8 Å². The molecule has 1 atom stereocenters. The van der Waals surface area contributed by atoms with Gasteiger partial charge in [0.05, 0.1) is 29.4 Å². The van der Waals surface area contributed by atoms with Gasteiger partial charge >= 0.3 is 0 Å². The SMILES string of the molecule is CCC(c1nc2c(c(=O)n1Cc1cncs1)CCC2)N(CCNC)C(=O)c1cc[n+]([O-])cc1. The Labute approximate surface area is 196 Å². The number of hydrogen-bond donors (Lipinski definition) is 1. The minimum Gasteiger partial charge on any atom is -0.619 e. The van der Waals surface area contributed by atoms with E-state index < -0.39 is 6.04 Å². The molecule has 1 N–H and O–H groups in total. The van der Waals surface area contributed by atoms with Crippen molar-refractivity contribution in [2.75, 3.05) is 20.1 Å². The summed E-state index contributed by atoms with van der Waals surface area (Å²) in [7, 11) is 1.83. The standard InChI is InChI=1S/C23H28N6O3S/c1-3-20(28(12-9-24-2)22(30)16-7-10-27(32)11-8-16)21-26-19-6-4-5-18(19)23(31)29(21)14-17-13-25-15-33-17/h7-8,10-11,13,15,20,24H,3-6,9,12,14H2,1-2H3. The summed E-state index contributed by atoms with van der Waals surface area (Å²) in [5, 5.41) is 14.6. The molecule has 3 aromatic rings. The van der Waals surface area contributed by atoms with E-state index in [1.165, 1.54) is 35.9 Å². The average Bonchev–Trinajstić information content (AvgIpc) is 3.51. The fraction of sp³-hybridized carbons (Fsp3) is 0.435. The molecular formula is C23H28N6O3S. The van der Waals surface area contributed by atoms with Gasteiger partial charge in [-0.3, -0.25) is 19.1 Å². The Bertz CT molecular complexity index is 1160. The second kappa shape index (κ2) is 10.2. The molecule has 0 aromatic carbocycles. The van der Waals surface area contributed by atoms with E-state index in [0.717, 1.165) is 35.4 Å². The highest BCUT2D eigenvalue weighted by Gasteiger charge is 2.31. The molecule has 3 heterocycles. The quantitative estimate of drug-likeness (QED) is 0.378. The maximum absolute atomic E-state index is 13.5. The largest absolute Gasteiger partial charge is 0.619 e. The summed E-state index contributed by atoms with van der Waals surface area (Å²) in [5.74, 6) is 0.410. The van der Waals surface area contributed by atoms with Gasteiger partial charge in [0.1, 0.15) is 5.82 Å². The number of amides is 1. The van der Waals surface area contributed by atoms with E-state index in [0.29, 0.717) is 42.2 Å². The Balaban J connectivity index is 1.80. The van der Waals surface area contributed by atoms with E-state index in [1.54, 1.807) is 21.2 Å². The topological polar surface area (TPSA) is 107 Å². The number of rotatable bonds is 9. The maximum atomic E-state index is 13.5. The number of fused-ring (bicyclic) bond motifs is 1. The Hall–Kier alpha value is -3.11. The van der Waals surface area contributed by atoms with Crippen molar-refractivity contribution in [2.45, 2.75) is 45.2 Å². The third kappa shape index (κ3) is 4.81. The highest BCUT2D eigenvalue weighted by molar-refractivity contribution is 7.09. The molecule has 4 rings (SSSR count). The van der Waals surface area contributed by atoms with E-state index in [-0.39, 0.29) is 11.5 Å². The molecule has 1 amide bonds. The monoisotopic (exact) mass is 468 g/mol. The predicted molar refractivity (Wildman–Crippen MR) is 125 cm³/mol. The summed E-state index contributed by atoms with van der Waals surface area (Å²) >= 11 is 1.49. The van der Waals surface area contributed by atoms with Gasteiger partial charge in [-0.05, 0) is 32.7 Å². The maximum Gasteiger partial charge on any atom is 0.257 e. The molecule has 1 aliphatic carbocycles. The number of aryl methyl sites for hydroxylation is 1. The van der Waals surface area contributed by atoms with Crippen LogP contribution in [0.3, 0.4) is 0 Å². The Morgan fingerprint density at radius 3 is 2.82 bits per heavy atom. The molecule has 0 radical (unpaired) electrons. The lowest BCUT2D eigenvalue weighted by Crippen LogP contribution is -2.42. The number of pyridine rings is 1. The van der Waals surface area contributed by atoms with Crippen LogP contribution < -0.4 is 15.6 Å². The van der Waals surface area contributed by atoms with Crippen LogP contribution in [0.15, 0.2) is 41.0 Å². The number of aromatic nitrogens is 4. The molecule has 0 spiro atoms. The fourth-order valence-electron chi connectivity index (χ4n) is 4.33. The molecule has 10 heteroatoms. The number of nitrogens with one attached hydrogen (secondary N) is 1. The second-order valence-electron chi connectivity index (χ2n) is 8.08. The Morgan fingerprint density at radius 1 is 1.36 bits per heavy atom. The molecule has 0 saturated heterocycles. The van der Waals surface area contributed by atoms with Crippen molar-refractivity contribution >= 4 is 17.2 Å². The minimum atomic E-state index is -0.392. The first-order chi connectivity index (χ1) is 16.0. The fourth-order valence-corrected chi connectivity index (χ4v) is 4.91. The third-order valence-electron chi connectivity index (χ3n) is 5.99. The van der Waals surface area contributed by atoms with Crippen LogP contribution in [0.4, 0.5) is 0 Å². The molecule has 0 bridgehead atoms. The Morgan fingerprint density at radius 2 is 2.15 bits per heavy atom. The highest BCUT2D eigenvalue weighted by Crippen LogP contribution is 2.27. The molecule has 0 fully saturated rings. The van der Waals surface area contributed by atoms with Gasteiger partial charge in [0.15, 0.2) is 12.4 Å². The van der Waals surface area contributed by atoms with E-state index in [2.05, 4.69) is 10.3 Å². The van der Waals surface area contributed by atoms with Crippen LogP contribution in [0.2, 0.25) is 0 Å². The van der Waals surface area contributed by atoms with Crippen molar-refractivity contribution in [3.8, 4) is 0 Å². The van der Waals surface area contributed by atoms with E-state index in [1.807, 2.05) is 14.0 Å². The summed E-state index contributed by atoms with van der Waals surface area (Å²) in [4.78, 5) is 38.9. The predicted octanol–water partition coefficient (Wildman–Crippen LogP) is 1.68. The van der Waals surface area contributed by atoms with Gasteiger partial charge in [-0.2, -0.15) is 4.73 Å². The number of carbonyl (C=O) groups excluding carboxylic acids is 1. The number of carbonyl (C=O) groups is 1. The van der Waals surface area contributed by atoms with Crippen LogP contribution in [-0.4, -0.2) is 45.5 Å². The van der Waals surface area contributed by atoms with Crippen LogP contribution in [-0.2, 0) is 19.4 Å². The molecule has 0 saturated carbocycles. The highest BCUT2D eigenvalue weighted by atomic mass is 32.1. The molecule has 1 unspecified atom stereocenters. The lowest BCUT2D eigenvalue weighted by molar-refractivity contribution is -0.605. The van der Waals surface area contributed by atoms with Gasteiger partial charge < -0.3 is 15.4 Å². The van der Waals surface area contributed by atoms with Crippen LogP contribution in [0.5, 0.6) is 0 Å².